The van der Waals surface area contributed by atoms with Gasteiger partial charge in [0.15, 0.2) is 0 Å². The number of aromatic nitrogens is 3. The second-order valence-electron chi connectivity index (χ2n) is 8.93. The van der Waals surface area contributed by atoms with E-state index in [1.54, 1.807) is 18.2 Å². The minimum atomic E-state index is -0.320. The number of nitrogens with zero attached hydrogens (tertiary/aromatic N) is 2. The van der Waals surface area contributed by atoms with E-state index in [2.05, 4.69) is 22.4 Å². The first kappa shape index (κ1) is 22.6. The Morgan fingerprint density at radius 2 is 1.57 bits per heavy atom. The van der Waals surface area contributed by atoms with E-state index >= 15 is 0 Å². The summed E-state index contributed by atoms with van der Waals surface area (Å²) in [6, 6.07) is 31.3. The number of hydrogen-bond acceptors (Lipinski definition) is 3. The lowest BCUT2D eigenvalue weighted by atomic mass is 10.0. The molecule has 6 heteroatoms. The highest BCUT2D eigenvalue weighted by atomic mass is 19.1. The Morgan fingerprint density at radius 3 is 2.41 bits per heavy atom. The summed E-state index contributed by atoms with van der Waals surface area (Å²) in [5, 5.41) is 3.77. The second kappa shape index (κ2) is 9.66. The Bertz CT molecular complexity index is 1730. The van der Waals surface area contributed by atoms with Crippen molar-refractivity contribution in [1.29, 1.82) is 0 Å². The maximum atomic E-state index is 13.4. The van der Waals surface area contributed by atoms with Crippen molar-refractivity contribution in [3.05, 3.63) is 126 Å². The van der Waals surface area contributed by atoms with Gasteiger partial charge >= 0.3 is 0 Å². The fourth-order valence-corrected chi connectivity index (χ4v) is 4.50. The van der Waals surface area contributed by atoms with Crippen molar-refractivity contribution >= 4 is 33.5 Å². The van der Waals surface area contributed by atoms with Crippen molar-refractivity contribution in [3.8, 4) is 11.3 Å². The number of aromatic amines is 1. The fraction of sp³-hybridized carbons (Fsp3) is 0.0645. The van der Waals surface area contributed by atoms with Gasteiger partial charge in [-0.05, 0) is 66.6 Å². The molecule has 0 aliphatic carbocycles. The van der Waals surface area contributed by atoms with E-state index in [1.807, 2.05) is 60.7 Å². The van der Waals surface area contributed by atoms with Crippen LogP contribution in [0.4, 0.5) is 10.1 Å². The van der Waals surface area contributed by atoms with Crippen molar-refractivity contribution in [1.82, 2.24) is 15.0 Å². The normalized spacial score (nSPS) is 11.2. The largest absolute Gasteiger partial charge is 0.342 e. The Balaban J connectivity index is 1.27. The Hall–Kier alpha value is -4.84. The van der Waals surface area contributed by atoms with Crippen LogP contribution >= 0.6 is 0 Å². The molecule has 0 saturated carbocycles. The van der Waals surface area contributed by atoms with Crippen molar-refractivity contribution in [2.24, 2.45) is 0 Å². The molecule has 0 bridgehead atoms. The summed E-state index contributed by atoms with van der Waals surface area (Å²) in [5.74, 6) is 0.344. The number of anilines is 1. The number of fused-ring (bicyclic) bond motifs is 2. The molecule has 5 nitrogen and oxygen atoms in total. The Morgan fingerprint density at radius 1 is 0.784 bits per heavy atom. The first-order valence-corrected chi connectivity index (χ1v) is 12.1. The molecule has 0 unspecified atom stereocenters. The van der Waals surface area contributed by atoms with Crippen LogP contribution in [-0.4, -0.2) is 20.9 Å². The molecule has 2 N–H and O–H groups in total. The van der Waals surface area contributed by atoms with Gasteiger partial charge in [-0.3, -0.25) is 4.79 Å². The van der Waals surface area contributed by atoms with E-state index in [0.29, 0.717) is 22.5 Å². The van der Waals surface area contributed by atoms with Crippen molar-refractivity contribution in [3.63, 3.8) is 0 Å². The molecule has 6 rings (SSSR count). The van der Waals surface area contributed by atoms with E-state index in [-0.39, 0.29) is 11.7 Å². The van der Waals surface area contributed by atoms with E-state index in [0.717, 1.165) is 40.6 Å². The number of imidazole rings is 1. The van der Waals surface area contributed by atoms with Crippen LogP contribution in [0.3, 0.4) is 0 Å². The third-order valence-electron chi connectivity index (χ3n) is 6.38. The summed E-state index contributed by atoms with van der Waals surface area (Å²) >= 11 is 0. The maximum absolute atomic E-state index is 13.4. The molecule has 0 aliphatic rings. The highest BCUT2D eigenvalue weighted by Gasteiger charge is 2.15. The molecule has 0 fully saturated rings. The average Bonchev–Trinajstić information content (AvgIpc) is 3.34. The molecular weight excluding hydrogens is 463 g/mol. The van der Waals surface area contributed by atoms with Gasteiger partial charge in [0.1, 0.15) is 11.6 Å². The van der Waals surface area contributed by atoms with Gasteiger partial charge in [0.25, 0.3) is 5.91 Å². The van der Waals surface area contributed by atoms with Gasteiger partial charge in [-0.2, -0.15) is 0 Å². The molecular formula is C31H23FN4O. The zero-order chi connectivity index (χ0) is 25.2. The van der Waals surface area contributed by atoms with E-state index < -0.39 is 0 Å². The predicted molar refractivity (Wildman–Crippen MR) is 145 cm³/mol. The van der Waals surface area contributed by atoms with E-state index in [1.165, 1.54) is 17.7 Å². The summed E-state index contributed by atoms with van der Waals surface area (Å²) in [5.41, 5.74) is 6.20. The lowest BCUT2D eigenvalue weighted by Gasteiger charge is -2.11. The van der Waals surface area contributed by atoms with Crippen LogP contribution in [-0.2, 0) is 12.8 Å². The van der Waals surface area contributed by atoms with Crippen molar-refractivity contribution < 1.29 is 9.18 Å². The molecule has 0 saturated heterocycles. The number of para-hydroxylation sites is 1. The summed E-state index contributed by atoms with van der Waals surface area (Å²) in [6.45, 7) is 0. The number of rotatable bonds is 6. The van der Waals surface area contributed by atoms with Gasteiger partial charge in [-0.1, -0.05) is 48.5 Å². The molecule has 2 aromatic heterocycles. The minimum absolute atomic E-state index is 0.245. The van der Waals surface area contributed by atoms with Gasteiger partial charge in [-0.15, -0.1) is 0 Å². The molecule has 0 aliphatic heterocycles. The maximum Gasteiger partial charge on any atom is 0.256 e. The predicted octanol–water partition coefficient (Wildman–Crippen LogP) is 6.95. The van der Waals surface area contributed by atoms with Crippen LogP contribution in [0.15, 0.2) is 103 Å². The first-order valence-electron chi connectivity index (χ1n) is 12.1. The molecule has 1 amide bonds. The van der Waals surface area contributed by atoms with Crippen LogP contribution in [0.5, 0.6) is 0 Å². The number of hydrogen-bond donors (Lipinski definition) is 2. The number of pyridine rings is 1. The smallest absolute Gasteiger partial charge is 0.256 e. The number of aryl methyl sites for hydroxylation is 2. The second-order valence-corrected chi connectivity index (χ2v) is 8.93. The number of nitrogens with one attached hydrogen (secondary N) is 2. The molecule has 0 atom stereocenters. The Labute approximate surface area is 213 Å². The lowest BCUT2D eigenvalue weighted by molar-refractivity contribution is 0.102. The first-order chi connectivity index (χ1) is 18.1. The number of carbonyl (C=O) groups is 1. The summed E-state index contributed by atoms with van der Waals surface area (Å²) in [7, 11) is 0. The average molecular weight is 487 g/mol. The standard InChI is InChI=1S/C31H23FN4O/c32-22-13-11-21(12-14-22)28-19-25(24-8-4-5-9-26(24)34-28)31(37)33-23-15-16-27-29(18-23)36-30(35-27)17-10-20-6-2-1-3-7-20/h1-9,11-16,18-19H,10,17H2,(H,33,37)(H,35,36). The number of carbonyl (C=O) groups excluding carboxylic acids is 1. The molecule has 4 aromatic carbocycles. The van der Waals surface area contributed by atoms with Crippen molar-refractivity contribution in [2.45, 2.75) is 12.8 Å². The quantitative estimate of drug-likeness (QED) is 0.267. The third kappa shape index (κ3) is 4.82. The highest BCUT2D eigenvalue weighted by Crippen LogP contribution is 2.26. The Kier molecular flexibility index (Phi) is 5.91. The minimum Gasteiger partial charge on any atom is -0.342 e. The number of amides is 1. The lowest BCUT2D eigenvalue weighted by Crippen LogP contribution is -2.13. The topological polar surface area (TPSA) is 70.7 Å². The zero-order valence-corrected chi connectivity index (χ0v) is 19.9. The molecule has 0 spiro atoms. The van der Waals surface area contributed by atoms with Crippen LogP contribution in [0.1, 0.15) is 21.7 Å². The highest BCUT2D eigenvalue weighted by molar-refractivity contribution is 6.13. The summed E-state index contributed by atoms with van der Waals surface area (Å²) < 4.78 is 13.4. The molecule has 6 aromatic rings. The van der Waals surface area contributed by atoms with Crippen LogP contribution in [0.2, 0.25) is 0 Å². The molecule has 2 heterocycles. The molecule has 180 valence electrons. The van der Waals surface area contributed by atoms with Gasteiger partial charge in [0.05, 0.1) is 27.8 Å². The number of halogens is 1. The molecule has 0 radical (unpaired) electrons. The zero-order valence-electron chi connectivity index (χ0n) is 19.9. The number of benzene rings is 4. The van der Waals surface area contributed by atoms with Gasteiger partial charge < -0.3 is 10.3 Å². The van der Waals surface area contributed by atoms with Crippen molar-refractivity contribution in [2.75, 3.05) is 5.32 Å². The van der Waals surface area contributed by atoms with E-state index in [9.17, 15) is 9.18 Å². The number of H-pyrrole nitrogens is 1. The van der Waals surface area contributed by atoms with Crippen LogP contribution in [0.25, 0.3) is 33.2 Å². The van der Waals surface area contributed by atoms with Crippen LogP contribution < -0.4 is 5.32 Å². The van der Waals surface area contributed by atoms with Gasteiger partial charge in [0.2, 0.25) is 0 Å². The van der Waals surface area contributed by atoms with Crippen LogP contribution in [0, 0.1) is 5.82 Å². The summed E-state index contributed by atoms with van der Waals surface area (Å²) in [6.07, 6.45) is 1.70. The van der Waals surface area contributed by atoms with E-state index in [4.69, 9.17) is 9.97 Å². The fourth-order valence-electron chi connectivity index (χ4n) is 4.50. The monoisotopic (exact) mass is 486 g/mol. The SMILES string of the molecule is O=C(Nc1ccc2nc(CCc3ccccc3)[nH]c2c1)c1cc(-c2ccc(F)cc2)nc2ccccc12. The summed E-state index contributed by atoms with van der Waals surface area (Å²) in [4.78, 5) is 26.2. The van der Waals surface area contributed by atoms with Gasteiger partial charge in [0, 0.05) is 23.1 Å². The third-order valence-corrected chi connectivity index (χ3v) is 6.38. The molecule has 37 heavy (non-hydrogen) atoms. The van der Waals surface area contributed by atoms with Gasteiger partial charge in [-0.25, -0.2) is 14.4 Å².